The first kappa shape index (κ1) is 17.1. The highest BCUT2D eigenvalue weighted by Crippen LogP contribution is 2.09. The fourth-order valence-electron chi connectivity index (χ4n) is 2.99. The Morgan fingerprint density at radius 2 is 1.68 bits per heavy atom. The first-order valence-electron chi connectivity index (χ1n) is 8.37. The number of nitrogens with zero attached hydrogens (tertiary/aromatic N) is 3. The number of likely N-dealkylation sites (tertiary alicyclic amines) is 1. The monoisotopic (exact) mass is 345 g/mol. The maximum atomic E-state index is 13.0. The summed E-state index contributed by atoms with van der Waals surface area (Å²) >= 11 is 0. The van der Waals surface area contributed by atoms with Gasteiger partial charge >= 0.3 is 5.69 Å². The van der Waals surface area contributed by atoms with Crippen molar-refractivity contribution >= 4 is 5.91 Å². The zero-order chi connectivity index (χ0) is 17.8. The van der Waals surface area contributed by atoms with Gasteiger partial charge in [-0.1, -0.05) is 12.1 Å². The van der Waals surface area contributed by atoms with Crippen LogP contribution in [0.2, 0.25) is 0 Å². The standard InChI is InChI=1S/C18H20FN3O3/c19-15-6-4-14(5-7-15)12-21-11-8-16(23)22(18(21)25)13-17(24)20-9-2-1-3-10-20/h4-8,11H,1-3,9-10,12-13H2. The summed E-state index contributed by atoms with van der Waals surface area (Å²) in [6, 6.07) is 7.06. The molecule has 2 aromatic rings. The highest BCUT2D eigenvalue weighted by molar-refractivity contribution is 5.76. The number of benzene rings is 1. The van der Waals surface area contributed by atoms with Gasteiger partial charge in [0.1, 0.15) is 12.4 Å². The molecule has 0 aliphatic carbocycles. The van der Waals surface area contributed by atoms with E-state index in [-0.39, 0.29) is 24.8 Å². The predicted molar refractivity (Wildman–Crippen MR) is 90.9 cm³/mol. The highest BCUT2D eigenvalue weighted by Gasteiger charge is 2.18. The number of aromatic nitrogens is 2. The van der Waals surface area contributed by atoms with Gasteiger partial charge in [0.05, 0.1) is 6.54 Å². The Labute approximate surface area is 144 Å². The Balaban J connectivity index is 1.82. The SMILES string of the molecule is O=C(Cn1c(=O)ccn(Cc2ccc(F)cc2)c1=O)N1CCCCC1. The Kier molecular flexibility index (Phi) is 5.11. The van der Waals surface area contributed by atoms with E-state index in [1.807, 2.05) is 0 Å². The van der Waals surface area contributed by atoms with Crippen molar-refractivity contribution in [2.45, 2.75) is 32.4 Å². The molecule has 0 saturated carbocycles. The van der Waals surface area contributed by atoms with Crippen LogP contribution >= 0.6 is 0 Å². The molecule has 1 saturated heterocycles. The summed E-state index contributed by atoms with van der Waals surface area (Å²) < 4.78 is 15.3. The Bertz CT molecular complexity index is 864. The van der Waals surface area contributed by atoms with Gasteiger partial charge in [-0.3, -0.25) is 18.7 Å². The third kappa shape index (κ3) is 4.04. The smallest absolute Gasteiger partial charge is 0.331 e. The van der Waals surface area contributed by atoms with E-state index in [1.54, 1.807) is 17.0 Å². The van der Waals surface area contributed by atoms with E-state index in [9.17, 15) is 18.8 Å². The van der Waals surface area contributed by atoms with Crippen LogP contribution < -0.4 is 11.2 Å². The summed E-state index contributed by atoms with van der Waals surface area (Å²) in [7, 11) is 0. The van der Waals surface area contributed by atoms with Gasteiger partial charge in [0.25, 0.3) is 5.56 Å². The number of halogens is 1. The second-order valence-electron chi connectivity index (χ2n) is 6.22. The maximum Gasteiger partial charge on any atom is 0.331 e. The van der Waals surface area contributed by atoms with Crippen molar-refractivity contribution in [3.8, 4) is 0 Å². The Morgan fingerprint density at radius 1 is 1.00 bits per heavy atom. The molecule has 1 aliphatic heterocycles. The van der Waals surface area contributed by atoms with Crippen molar-refractivity contribution in [2.24, 2.45) is 0 Å². The van der Waals surface area contributed by atoms with Crippen molar-refractivity contribution in [1.29, 1.82) is 0 Å². The fourth-order valence-corrected chi connectivity index (χ4v) is 2.99. The quantitative estimate of drug-likeness (QED) is 0.837. The minimum atomic E-state index is -0.540. The highest BCUT2D eigenvalue weighted by atomic mass is 19.1. The summed E-state index contributed by atoms with van der Waals surface area (Å²) in [6.07, 6.45) is 4.39. The van der Waals surface area contributed by atoms with E-state index in [2.05, 4.69) is 0 Å². The van der Waals surface area contributed by atoms with Crippen LogP contribution in [0.4, 0.5) is 4.39 Å². The van der Waals surface area contributed by atoms with E-state index in [1.165, 1.54) is 29.0 Å². The molecule has 25 heavy (non-hydrogen) atoms. The largest absolute Gasteiger partial charge is 0.341 e. The lowest BCUT2D eigenvalue weighted by Gasteiger charge is -2.26. The molecule has 6 nitrogen and oxygen atoms in total. The molecule has 1 fully saturated rings. The van der Waals surface area contributed by atoms with Crippen LogP contribution in [0.25, 0.3) is 0 Å². The molecule has 1 aliphatic rings. The number of piperidine rings is 1. The summed E-state index contributed by atoms with van der Waals surface area (Å²) in [4.78, 5) is 38.7. The molecular weight excluding hydrogens is 325 g/mol. The van der Waals surface area contributed by atoms with Crippen LogP contribution in [0.15, 0.2) is 46.1 Å². The van der Waals surface area contributed by atoms with Gasteiger partial charge in [-0.05, 0) is 37.0 Å². The number of carbonyl (C=O) groups excluding carboxylic acids is 1. The molecule has 1 aromatic heterocycles. The molecule has 0 bridgehead atoms. The lowest BCUT2D eigenvalue weighted by Crippen LogP contribution is -2.45. The van der Waals surface area contributed by atoms with Crippen LogP contribution in [0, 0.1) is 5.82 Å². The first-order chi connectivity index (χ1) is 12.0. The van der Waals surface area contributed by atoms with Crippen LogP contribution in [0.5, 0.6) is 0 Å². The second-order valence-corrected chi connectivity index (χ2v) is 6.22. The third-order valence-electron chi connectivity index (χ3n) is 4.41. The molecular formula is C18H20FN3O3. The average Bonchev–Trinajstić information content (AvgIpc) is 2.63. The van der Waals surface area contributed by atoms with Crippen LogP contribution in [0.3, 0.4) is 0 Å². The zero-order valence-corrected chi connectivity index (χ0v) is 13.9. The van der Waals surface area contributed by atoms with E-state index in [0.717, 1.165) is 29.4 Å². The number of carbonyl (C=O) groups is 1. The molecule has 0 N–H and O–H groups in total. The van der Waals surface area contributed by atoms with Gasteiger partial charge in [-0.25, -0.2) is 9.18 Å². The second kappa shape index (κ2) is 7.46. The summed E-state index contributed by atoms with van der Waals surface area (Å²) in [5.74, 6) is -0.563. The molecule has 132 valence electrons. The number of hydrogen-bond acceptors (Lipinski definition) is 3. The van der Waals surface area contributed by atoms with E-state index in [0.29, 0.717) is 13.1 Å². The van der Waals surface area contributed by atoms with Crippen molar-refractivity contribution < 1.29 is 9.18 Å². The van der Waals surface area contributed by atoms with Crippen LogP contribution in [-0.4, -0.2) is 33.0 Å². The molecule has 0 spiro atoms. The van der Waals surface area contributed by atoms with Gasteiger partial charge in [0, 0.05) is 25.4 Å². The first-order valence-corrected chi connectivity index (χ1v) is 8.37. The van der Waals surface area contributed by atoms with Gasteiger partial charge in [-0.15, -0.1) is 0 Å². The van der Waals surface area contributed by atoms with Crippen LogP contribution in [-0.2, 0) is 17.9 Å². The summed E-state index contributed by atoms with van der Waals surface area (Å²) in [5.41, 5.74) is -0.302. The fraction of sp³-hybridized carbons (Fsp3) is 0.389. The number of rotatable bonds is 4. The van der Waals surface area contributed by atoms with Crippen LogP contribution in [0.1, 0.15) is 24.8 Å². The Morgan fingerprint density at radius 3 is 2.36 bits per heavy atom. The van der Waals surface area contributed by atoms with Crippen molar-refractivity contribution in [3.63, 3.8) is 0 Å². The molecule has 1 amide bonds. The maximum absolute atomic E-state index is 13.0. The van der Waals surface area contributed by atoms with Gasteiger partial charge in [-0.2, -0.15) is 0 Å². The molecule has 2 heterocycles. The van der Waals surface area contributed by atoms with Crippen molar-refractivity contribution in [3.05, 3.63) is 68.7 Å². The number of amides is 1. The zero-order valence-electron chi connectivity index (χ0n) is 13.9. The average molecular weight is 345 g/mol. The van der Waals surface area contributed by atoms with E-state index < -0.39 is 11.2 Å². The predicted octanol–water partition coefficient (Wildman–Crippen LogP) is 1.21. The molecule has 0 unspecified atom stereocenters. The third-order valence-corrected chi connectivity index (χ3v) is 4.41. The van der Waals surface area contributed by atoms with E-state index >= 15 is 0 Å². The van der Waals surface area contributed by atoms with Crippen molar-refractivity contribution in [2.75, 3.05) is 13.1 Å². The lowest BCUT2D eigenvalue weighted by atomic mass is 10.1. The molecule has 3 rings (SSSR count). The number of hydrogen-bond donors (Lipinski definition) is 0. The minimum Gasteiger partial charge on any atom is -0.341 e. The Hall–Kier alpha value is -2.70. The normalized spacial score (nSPS) is 14.5. The molecule has 0 atom stereocenters. The van der Waals surface area contributed by atoms with Crippen molar-refractivity contribution in [1.82, 2.24) is 14.0 Å². The van der Waals surface area contributed by atoms with E-state index in [4.69, 9.17) is 0 Å². The van der Waals surface area contributed by atoms with Gasteiger partial charge in [0.15, 0.2) is 0 Å². The topological polar surface area (TPSA) is 64.3 Å². The summed E-state index contributed by atoms with van der Waals surface area (Å²) in [6.45, 7) is 1.30. The molecule has 1 aromatic carbocycles. The molecule has 7 heteroatoms. The minimum absolute atomic E-state index is 0.206. The van der Waals surface area contributed by atoms with Gasteiger partial charge < -0.3 is 4.90 Å². The lowest BCUT2D eigenvalue weighted by molar-refractivity contribution is -0.132. The molecule has 0 radical (unpaired) electrons. The van der Waals surface area contributed by atoms with Gasteiger partial charge in [0.2, 0.25) is 5.91 Å². The summed E-state index contributed by atoms with van der Waals surface area (Å²) in [5, 5.41) is 0.